The predicted octanol–water partition coefficient (Wildman–Crippen LogP) is 2.12. The summed E-state index contributed by atoms with van der Waals surface area (Å²) in [5.74, 6) is 2.30. The Bertz CT molecular complexity index is 974. The number of ether oxygens (including phenoxy) is 2. The van der Waals surface area contributed by atoms with Crippen molar-refractivity contribution in [1.82, 2.24) is 20.2 Å². The molecule has 8 nitrogen and oxygen atoms in total. The van der Waals surface area contributed by atoms with E-state index in [0.29, 0.717) is 42.5 Å². The highest BCUT2D eigenvalue weighted by molar-refractivity contribution is 5.97. The van der Waals surface area contributed by atoms with Crippen LogP contribution in [0.1, 0.15) is 52.6 Å². The van der Waals surface area contributed by atoms with Crippen LogP contribution in [0.5, 0.6) is 11.5 Å². The summed E-state index contributed by atoms with van der Waals surface area (Å²) in [6.45, 7) is 1.05. The lowest BCUT2D eigenvalue weighted by atomic mass is 10.1. The monoisotopic (exact) mass is 424 g/mol. The molecule has 8 heteroatoms. The summed E-state index contributed by atoms with van der Waals surface area (Å²) in [5.41, 5.74) is 2.37. The Labute approximate surface area is 182 Å². The molecule has 2 amide bonds. The first-order valence-electron chi connectivity index (χ1n) is 10.7. The molecule has 1 saturated carbocycles. The molecule has 0 unspecified atom stereocenters. The average molecular weight is 425 g/mol. The van der Waals surface area contributed by atoms with Crippen LogP contribution >= 0.6 is 0 Å². The molecule has 0 bridgehead atoms. The Morgan fingerprint density at radius 1 is 1.23 bits per heavy atom. The van der Waals surface area contributed by atoms with Gasteiger partial charge in [-0.2, -0.15) is 0 Å². The van der Waals surface area contributed by atoms with Gasteiger partial charge in [-0.3, -0.25) is 9.59 Å². The molecular formula is C23H28N4O4. The number of methoxy groups -OCH3 is 2. The molecule has 0 spiro atoms. The van der Waals surface area contributed by atoms with E-state index in [9.17, 15) is 9.59 Å². The summed E-state index contributed by atoms with van der Waals surface area (Å²) in [7, 11) is 3.19. The van der Waals surface area contributed by atoms with Crippen molar-refractivity contribution in [1.29, 1.82) is 0 Å². The summed E-state index contributed by atoms with van der Waals surface area (Å²) in [6.07, 6.45) is 6.08. The van der Waals surface area contributed by atoms with Gasteiger partial charge in [0.05, 0.1) is 32.0 Å². The van der Waals surface area contributed by atoms with E-state index in [0.717, 1.165) is 42.8 Å². The van der Waals surface area contributed by atoms with Crippen molar-refractivity contribution in [3.63, 3.8) is 0 Å². The van der Waals surface area contributed by atoms with Crippen LogP contribution in [0, 0.1) is 0 Å². The number of hydrogen-bond donors (Lipinski definition) is 1. The lowest BCUT2D eigenvalue weighted by Crippen LogP contribution is -2.41. The number of rotatable bonds is 8. The molecule has 1 aliphatic heterocycles. The third-order valence-electron chi connectivity index (χ3n) is 5.71. The third-order valence-corrected chi connectivity index (χ3v) is 5.71. The van der Waals surface area contributed by atoms with E-state index >= 15 is 0 Å². The van der Waals surface area contributed by atoms with Gasteiger partial charge in [0.1, 0.15) is 5.82 Å². The molecule has 1 aromatic carbocycles. The zero-order chi connectivity index (χ0) is 21.8. The van der Waals surface area contributed by atoms with Gasteiger partial charge < -0.3 is 19.7 Å². The Kier molecular flexibility index (Phi) is 6.34. The van der Waals surface area contributed by atoms with E-state index in [1.54, 1.807) is 25.3 Å². The molecule has 2 aromatic rings. The summed E-state index contributed by atoms with van der Waals surface area (Å²) in [4.78, 5) is 36.0. The van der Waals surface area contributed by atoms with Gasteiger partial charge in [-0.15, -0.1) is 0 Å². The Morgan fingerprint density at radius 3 is 2.77 bits per heavy atom. The molecule has 1 N–H and O–H groups in total. The smallest absolute Gasteiger partial charge is 0.257 e. The number of benzene rings is 1. The molecule has 0 atom stereocenters. The maximum atomic E-state index is 12.9. The number of nitrogens with one attached hydrogen (secondary N) is 1. The molecule has 1 aliphatic carbocycles. The zero-order valence-electron chi connectivity index (χ0n) is 18.0. The van der Waals surface area contributed by atoms with Crippen molar-refractivity contribution in [3.8, 4) is 11.5 Å². The second-order valence-electron chi connectivity index (χ2n) is 7.98. The summed E-state index contributed by atoms with van der Waals surface area (Å²) in [5, 5.41) is 2.91. The fourth-order valence-electron chi connectivity index (χ4n) is 3.81. The number of hydrogen-bond acceptors (Lipinski definition) is 6. The molecule has 31 heavy (non-hydrogen) atoms. The molecule has 1 aromatic heterocycles. The minimum Gasteiger partial charge on any atom is -0.493 e. The second-order valence-corrected chi connectivity index (χ2v) is 7.98. The predicted molar refractivity (Wildman–Crippen MR) is 114 cm³/mol. The lowest BCUT2D eigenvalue weighted by Gasteiger charge is -2.20. The molecule has 4 rings (SSSR count). The van der Waals surface area contributed by atoms with Gasteiger partial charge in [-0.1, -0.05) is 6.07 Å². The van der Waals surface area contributed by atoms with Gasteiger partial charge in [0.25, 0.3) is 5.91 Å². The van der Waals surface area contributed by atoms with Crippen LogP contribution in [0.2, 0.25) is 0 Å². The number of amides is 2. The van der Waals surface area contributed by atoms with Crippen LogP contribution in [0.15, 0.2) is 24.4 Å². The van der Waals surface area contributed by atoms with Crippen LogP contribution in [0.3, 0.4) is 0 Å². The fourth-order valence-corrected chi connectivity index (χ4v) is 3.81. The van der Waals surface area contributed by atoms with Gasteiger partial charge in [-0.25, -0.2) is 9.97 Å². The van der Waals surface area contributed by atoms with Crippen LogP contribution in [0.25, 0.3) is 0 Å². The standard InChI is InChI=1S/C23H28N4O4/c1-30-19-8-5-15(12-20(19)31-2)9-10-24-21(28)14-27-11-3-4-18-17(23(27)29)13-25-22(26-18)16-6-7-16/h5,8,12-13,16H,3-4,6-7,9-11,14H2,1-2H3,(H,24,28). The number of fused-ring (bicyclic) bond motifs is 1. The van der Waals surface area contributed by atoms with Crippen LogP contribution in [-0.2, 0) is 17.6 Å². The number of aryl methyl sites for hydroxylation is 1. The second kappa shape index (κ2) is 9.32. The van der Waals surface area contributed by atoms with E-state index in [1.165, 1.54) is 0 Å². The zero-order valence-corrected chi connectivity index (χ0v) is 18.0. The van der Waals surface area contributed by atoms with Crippen LogP contribution in [0.4, 0.5) is 0 Å². The van der Waals surface area contributed by atoms with Crippen molar-refractivity contribution in [2.24, 2.45) is 0 Å². The van der Waals surface area contributed by atoms with Gasteiger partial charge in [0.15, 0.2) is 11.5 Å². The molecule has 0 saturated heterocycles. The molecule has 164 valence electrons. The highest BCUT2D eigenvalue weighted by atomic mass is 16.5. The Morgan fingerprint density at radius 2 is 2.03 bits per heavy atom. The van der Waals surface area contributed by atoms with E-state index in [2.05, 4.69) is 15.3 Å². The first-order chi connectivity index (χ1) is 15.1. The minimum atomic E-state index is -0.173. The molecular weight excluding hydrogens is 396 g/mol. The SMILES string of the molecule is COc1ccc(CCNC(=O)CN2CCCc3nc(C4CC4)ncc3C2=O)cc1OC. The van der Waals surface area contributed by atoms with Crippen molar-refractivity contribution < 1.29 is 19.1 Å². The Balaban J connectivity index is 1.31. The van der Waals surface area contributed by atoms with Gasteiger partial charge in [0.2, 0.25) is 5.91 Å². The lowest BCUT2D eigenvalue weighted by molar-refractivity contribution is -0.121. The highest BCUT2D eigenvalue weighted by Crippen LogP contribution is 2.38. The van der Waals surface area contributed by atoms with Crippen molar-refractivity contribution in [2.45, 2.75) is 38.0 Å². The first kappa shape index (κ1) is 21.1. The summed E-state index contributed by atoms with van der Waals surface area (Å²) >= 11 is 0. The minimum absolute atomic E-state index is 0.0363. The maximum absolute atomic E-state index is 12.9. The van der Waals surface area contributed by atoms with Crippen molar-refractivity contribution >= 4 is 11.8 Å². The number of nitrogens with zero attached hydrogens (tertiary/aromatic N) is 3. The molecule has 2 aliphatic rings. The number of carbonyl (C=O) groups is 2. The topological polar surface area (TPSA) is 93.6 Å². The van der Waals surface area contributed by atoms with E-state index in [1.807, 2.05) is 18.2 Å². The normalized spacial score (nSPS) is 15.8. The van der Waals surface area contributed by atoms with E-state index in [4.69, 9.17) is 9.47 Å². The first-order valence-corrected chi connectivity index (χ1v) is 10.7. The van der Waals surface area contributed by atoms with Crippen LogP contribution in [-0.4, -0.2) is 60.5 Å². The fraction of sp³-hybridized carbons (Fsp3) is 0.478. The van der Waals surface area contributed by atoms with Gasteiger partial charge in [0, 0.05) is 25.2 Å². The largest absolute Gasteiger partial charge is 0.493 e. The number of aromatic nitrogens is 2. The summed E-state index contributed by atoms with van der Waals surface area (Å²) in [6, 6.07) is 5.69. The maximum Gasteiger partial charge on any atom is 0.257 e. The van der Waals surface area contributed by atoms with Gasteiger partial charge >= 0.3 is 0 Å². The molecule has 2 heterocycles. The summed E-state index contributed by atoms with van der Waals surface area (Å²) < 4.78 is 10.6. The Hall–Kier alpha value is -3.16. The van der Waals surface area contributed by atoms with E-state index < -0.39 is 0 Å². The van der Waals surface area contributed by atoms with Gasteiger partial charge in [-0.05, 0) is 49.8 Å². The highest BCUT2D eigenvalue weighted by Gasteiger charge is 2.30. The quantitative estimate of drug-likeness (QED) is 0.698. The van der Waals surface area contributed by atoms with E-state index in [-0.39, 0.29) is 18.4 Å². The van der Waals surface area contributed by atoms with Crippen molar-refractivity contribution in [3.05, 3.63) is 47.0 Å². The number of carbonyl (C=O) groups excluding carboxylic acids is 2. The average Bonchev–Trinajstić information content (AvgIpc) is 3.63. The molecule has 0 radical (unpaired) electrons. The molecule has 1 fully saturated rings. The van der Waals surface area contributed by atoms with Crippen molar-refractivity contribution in [2.75, 3.05) is 33.9 Å². The van der Waals surface area contributed by atoms with Crippen LogP contribution < -0.4 is 14.8 Å². The third kappa shape index (κ3) is 4.95.